The van der Waals surface area contributed by atoms with Crippen molar-refractivity contribution in [1.29, 1.82) is 0 Å². The zero-order chi connectivity index (χ0) is 20.8. The van der Waals surface area contributed by atoms with Crippen LogP contribution in [0.15, 0.2) is 36.7 Å². The normalized spacial score (nSPS) is 11.5. The van der Waals surface area contributed by atoms with Crippen LogP contribution in [0.3, 0.4) is 0 Å². The van der Waals surface area contributed by atoms with Gasteiger partial charge in [0.1, 0.15) is 6.04 Å². The SMILES string of the molecule is CC(=O)NCCN(C(=O)c1cnn(-c2ccc([N+](=O)[O-])cc2)c1)C(C)C(=O)O. The lowest BCUT2D eigenvalue weighted by atomic mass is 10.2. The van der Waals surface area contributed by atoms with Crippen molar-refractivity contribution < 1.29 is 24.4 Å². The molecule has 0 spiro atoms. The molecule has 1 aromatic carbocycles. The highest BCUT2D eigenvalue weighted by atomic mass is 16.6. The van der Waals surface area contributed by atoms with E-state index in [4.69, 9.17) is 0 Å². The van der Waals surface area contributed by atoms with Gasteiger partial charge in [-0.25, -0.2) is 9.48 Å². The second-order valence-electron chi connectivity index (χ2n) is 5.94. The van der Waals surface area contributed by atoms with Crippen LogP contribution in [-0.2, 0) is 9.59 Å². The lowest BCUT2D eigenvalue weighted by Crippen LogP contribution is -2.46. The average molecular weight is 389 g/mol. The molecule has 0 saturated carbocycles. The Kier molecular flexibility index (Phi) is 6.42. The Morgan fingerprint density at radius 1 is 1.32 bits per heavy atom. The van der Waals surface area contributed by atoms with Gasteiger partial charge in [-0.2, -0.15) is 5.10 Å². The van der Waals surface area contributed by atoms with E-state index in [1.807, 2.05) is 0 Å². The lowest BCUT2D eigenvalue weighted by molar-refractivity contribution is -0.384. The summed E-state index contributed by atoms with van der Waals surface area (Å²) in [7, 11) is 0. The maximum absolute atomic E-state index is 12.8. The largest absolute Gasteiger partial charge is 0.480 e. The van der Waals surface area contributed by atoms with E-state index in [0.29, 0.717) is 5.69 Å². The summed E-state index contributed by atoms with van der Waals surface area (Å²) in [6.45, 7) is 2.81. The highest BCUT2D eigenvalue weighted by Crippen LogP contribution is 2.16. The van der Waals surface area contributed by atoms with E-state index in [0.717, 1.165) is 4.90 Å². The number of amides is 2. The number of nitro groups is 1. The van der Waals surface area contributed by atoms with Crippen molar-refractivity contribution in [1.82, 2.24) is 20.0 Å². The van der Waals surface area contributed by atoms with E-state index >= 15 is 0 Å². The van der Waals surface area contributed by atoms with Crippen LogP contribution in [0, 0.1) is 10.1 Å². The molecule has 0 aliphatic rings. The average Bonchev–Trinajstić information content (AvgIpc) is 3.14. The first-order chi connectivity index (χ1) is 13.2. The van der Waals surface area contributed by atoms with Crippen molar-refractivity contribution in [2.45, 2.75) is 19.9 Å². The van der Waals surface area contributed by atoms with E-state index < -0.39 is 22.8 Å². The van der Waals surface area contributed by atoms with Gasteiger partial charge in [0.15, 0.2) is 0 Å². The first-order valence-electron chi connectivity index (χ1n) is 8.28. The predicted molar refractivity (Wildman–Crippen MR) is 97.0 cm³/mol. The quantitative estimate of drug-likeness (QED) is 0.502. The number of non-ortho nitro benzene ring substituents is 1. The summed E-state index contributed by atoms with van der Waals surface area (Å²) in [6.07, 6.45) is 2.69. The topological polar surface area (TPSA) is 148 Å². The zero-order valence-corrected chi connectivity index (χ0v) is 15.2. The fraction of sp³-hybridized carbons (Fsp3) is 0.294. The molecule has 1 atom stereocenters. The van der Waals surface area contributed by atoms with Gasteiger partial charge in [-0.15, -0.1) is 0 Å². The summed E-state index contributed by atoms with van der Waals surface area (Å²) in [5, 5.41) is 26.6. The Morgan fingerprint density at radius 2 is 1.96 bits per heavy atom. The van der Waals surface area contributed by atoms with Gasteiger partial charge >= 0.3 is 5.97 Å². The number of rotatable bonds is 8. The monoisotopic (exact) mass is 389 g/mol. The van der Waals surface area contributed by atoms with E-state index in [2.05, 4.69) is 10.4 Å². The predicted octanol–water partition coefficient (Wildman–Crippen LogP) is 0.832. The van der Waals surface area contributed by atoms with E-state index in [9.17, 15) is 29.6 Å². The molecule has 2 aromatic rings. The van der Waals surface area contributed by atoms with Gasteiger partial charge in [0.2, 0.25) is 5.91 Å². The van der Waals surface area contributed by atoms with E-state index in [1.54, 1.807) is 0 Å². The Balaban J connectivity index is 2.21. The number of carbonyl (C=O) groups excluding carboxylic acids is 2. The highest BCUT2D eigenvalue weighted by Gasteiger charge is 2.27. The standard InChI is InChI=1S/C17H19N5O6/c1-11(17(25)26)20(8-7-18-12(2)23)16(24)13-9-19-21(10-13)14-3-5-15(6-4-14)22(27)28/h3-6,9-11H,7-8H2,1-2H3,(H,18,23)(H,25,26). The summed E-state index contributed by atoms with van der Waals surface area (Å²) in [5.74, 6) is -2.03. The zero-order valence-electron chi connectivity index (χ0n) is 15.2. The number of aliphatic carboxylic acids is 1. The second-order valence-corrected chi connectivity index (χ2v) is 5.94. The van der Waals surface area contributed by atoms with Gasteiger partial charge < -0.3 is 15.3 Å². The number of aromatic nitrogens is 2. The van der Waals surface area contributed by atoms with Crippen molar-refractivity contribution in [3.63, 3.8) is 0 Å². The molecule has 1 unspecified atom stereocenters. The van der Waals surface area contributed by atoms with Crippen molar-refractivity contribution in [3.05, 3.63) is 52.3 Å². The minimum Gasteiger partial charge on any atom is -0.480 e. The van der Waals surface area contributed by atoms with Crippen molar-refractivity contribution in [3.8, 4) is 5.69 Å². The van der Waals surface area contributed by atoms with Gasteiger partial charge in [0.05, 0.1) is 22.4 Å². The summed E-state index contributed by atoms with van der Waals surface area (Å²) in [6, 6.07) is 4.47. The van der Waals surface area contributed by atoms with Crippen LogP contribution in [0.1, 0.15) is 24.2 Å². The number of nitro benzene ring substituents is 1. The second kappa shape index (κ2) is 8.75. The first kappa shape index (κ1) is 20.6. The minimum atomic E-state index is -1.18. The maximum Gasteiger partial charge on any atom is 0.326 e. The summed E-state index contributed by atoms with van der Waals surface area (Å²) < 4.78 is 1.36. The Bertz CT molecular complexity index is 892. The summed E-state index contributed by atoms with van der Waals surface area (Å²) >= 11 is 0. The number of carbonyl (C=O) groups is 3. The Labute approximate surface area is 159 Å². The molecule has 2 rings (SSSR count). The molecule has 0 aliphatic carbocycles. The van der Waals surface area contributed by atoms with Crippen molar-refractivity contribution in [2.75, 3.05) is 13.1 Å². The van der Waals surface area contributed by atoms with Crippen molar-refractivity contribution >= 4 is 23.5 Å². The molecule has 0 radical (unpaired) electrons. The third-order valence-electron chi connectivity index (χ3n) is 3.97. The number of benzene rings is 1. The number of hydrogen-bond acceptors (Lipinski definition) is 6. The Morgan fingerprint density at radius 3 is 2.50 bits per heavy atom. The number of hydrogen-bond donors (Lipinski definition) is 2. The van der Waals surface area contributed by atoms with Crippen LogP contribution in [0.25, 0.3) is 5.69 Å². The number of nitrogens with one attached hydrogen (secondary N) is 1. The highest BCUT2D eigenvalue weighted by molar-refractivity contribution is 5.96. The van der Waals surface area contributed by atoms with Gasteiger partial charge in [0.25, 0.3) is 11.6 Å². The summed E-state index contributed by atoms with van der Waals surface area (Å²) in [5.41, 5.74) is 0.571. The summed E-state index contributed by atoms with van der Waals surface area (Å²) in [4.78, 5) is 46.4. The molecule has 1 aromatic heterocycles. The molecular weight excluding hydrogens is 370 g/mol. The van der Waals surface area contributed by atoms with Crippen LogP contribution in [0.2, 0.25) is 0 Å². The van der Waals surface area contributed by atoms with Gasteiger partial charge in [-0.1, -0.05) is 0 Å². The molecular formula is C17H19N5O6. The molecule has 11 nitrogen and oxygen atoms in total. The molecule has 148 valence electrons. The molecule has 1 heterocycles. The molecule has 2 amide bonds. The number of carboxylic acid groups (broad SMARTS) is 1. The smallest absolute Gasteiger partial charge is 0.326 e. The van der Waals surface area contributed by atoms with Gasteiger partial charge in [-0.3, -0.25) is 19.7 Å². The molecule has 0 saturated heterocycles. The number of carboxylic acids is 1. The van der Waals surface area contributed by atoms with Gasteiger partial charge in [0, 0.05) is 38.3 Å². The molecule has 2 N–H and O–H groups in total. The lowest BCUT2D eigenvalue weighted by Gasteiger charge is -2.26. The van der Waals surface area contributed by atoms with Crippen LogP contribution in [0.5, 0.6) is 0 Å². The van der Waals surface area contributed by atoms with Gasteiger partial charge in [-0.05, 0) is 19.1 Å². The minimum absolute atomic E-state index is 0.00852. The van der Waals surface area contributed by atoms with Crippen LogP contribution < -0.4 is 5.32 Å². The van der Waals surface area contributed by atoms with E-state index in [-0.39, 0.29) is 30.2 Å². The molecule has 0 fully saturated rings. The molecule has 0 aliphatic heterocycles. The molecule has 28 heavy (non-hydrogen) atoms. The first-order valence-corrected chi connectivity index (χ1v) is 8.28. The maximum atomic E-state index is 12.8. The van der Waals surface area contributed by atoms with Crippen molar-refractivity contribution in [2.24, 2.45) is 0 Å². The Hall–Kier alpha value is -3.76. The third-order valence-corrected chi connectivity index (χ3v) is 3.97. The van der Waals surface area contributed by atoms with Crippen LogP contribution >= 0.6 is 0 Å². The van der Waals surface area contributed by atoms with Crippen LogP contribution in [-0.4, -0.2) is 61.6 Å². The fourth-order valence-electron chi connectivity index (χ4n) is 2.42. The number of nitrogens with zero attached hydrogens (tertiary/aromatic N) is 4. The fourth-order valence-corrected chi connectivity index (χ4v) is 2.42. The van der Waals surface area contributed by atoms with Crippen LogP contribution in [0.4, 0.5) is 5.69 Å². The third kappa shape index (κ3) is 4.90. The molecule has 11 heteroatoms. The molecule has 0 bridgehead atoms. The van der Waals surface area contributed by atoms with E-state index in [1.165, 1.54) is 55.2 Å².